The molecule has 0 aliphatic rings. The Morgan fingerprint density at radius 3 is 2.90 bits per heavy atom. The van der Waals surface area contributed by atoms with E-state index < -0.39 is 5.97 Å². The normalized spacial score (nSPS) is 10.5. The molecule has 1 N–H and O–H groups in total. The van der Waals surface area contributed by atoms with Crippen molar-refractivity contribution in [3.8, 4) is 10.7 Å². The first-order valence-corrected chi connectivity index (χ1v) is 7.29. The third kappa shape index (κ3) is 4.09. The molecule has 0 aliphatic carbocycles. The van der Waals surface area contributed by atoms with Gasteiger partial charge in [0.15, 0.2) is 0 Å². The summed E-state index contributed by atoms with van der Waals surface area (Å²) in [5.74, 6) is -0.921. The molecule has 8 nitrogen and oxygen atoms in total. The fraction of sp³-hybridized carbons (Fsp3) is 0.417. The Morgan fingerprint density at radius 1 is 1.48 bits per heavy atom. The summed E-state index contributed by atoms with van der Waals surface area (Å²) in [6, 6.07) is 3.74. The highest BCUT2D eigenvalue weighted by Gasteiger charge is 2.18. The summed E-state index contributed by atoms with van der Waals surface area (Å²) in [5.41, 5.74) is 0. The zero-order chi connectivity index (χ0) is 15.2. The minimum atomic E-state index is -1.04. The number of aliphatic carboxylic acids is 1. The molecule has 0 spiro atoms. The van der Waals surface area contributed by atoms with Gasteiger partial charge < -0.3 is 10.0 Å². The van der Waals surface area contributed by atoms with E-state index in [0.717, 1.165) is 4.88 Å². The highest BCUT2D eigenvalue weighted by molar-refractivity contribution is 7.13. The molecule has 0 aliphatic heterocycles. The van der Waals surface area contributed by atoms with Gasteiger partial charge >= 0.3 is 5.97 Å². The average Bonchev–Trinajstić information content (AvgIpc) is 3.07. The lowest BCUT2D eigenvalue weighted by atomic mass is 10.4. The van der Waals surface area contributed by atoms with Gasteiger partial charge in [-0.1, -0.05) is 13.0 Å². The maximum Gasteiger partial charge on any atom is 0.323 e. The third-order valence-corrected chi connectivity index (χ3v) is 3.51. The highest BCUT2D eigenvalue weighted by Crippen LogP contribution is 2.19. The number of carbonyl (C=O) groups excluding carboxylic acids is 1. The quantitative estimate of drug-likeness (QED) is 0.809. The maximum absolute atomic E-state index is 12.1. The molecule has 112 valence electrons. The lowest BCUT2D eigenvalue weighted by Gasteiger charge is -2.19. The van der Waals surface area contributed by atoms with Gasteiger partial charge in [0.2, 0.25) is 11.7 Å². The zero-order valence-electron chi connectivity index (χ0n) is 11.5. The molecule has 0 aromatic carbocycles. The van der Waals surface area contributed by atoms with Crippen molar-refractivity contribution < 1.29 is 14.7 Å². The Hall–Kier alpha value is -2.29. The highest BCUT2D eigenvalue weighted by atomic mass is 32.1. The second-order valence-electron chi connectivity index (χ2n) is 4.33. The van der Waals surface area contributed by atoms with Crippen LogP contribution in [-0.4, -0.2) is 55.2 Å². The number of aromatic nitrogens is 4. The summed E-state index contributed by atoms with van der Waals surface area (Å²) in [5, 5.41) is 22.5. The van der Waals surface area contributed by atoms with Gasteiger partial charge in [-0.15, -0.1) is 21.5 Å². The third-order valence-electron chi connectivity index (χ3n) is 2.64. The van der Waals surface area contributed by atoms with Crippen LogP contribution >= 0.6 is 11.3 Å². The number of carboxylic acids is 1. The van der Waals surface area contributed by atoms with Crippen LogP contribution in [-0.2, 0) is 16.1 Å². The number of rotatable bonds is 7. The van der Waals surface area contributed by atoms with E-state index in [4.69, 9.17) is 5.11 Å². The van der Waals surface area contributed by atoms with Crippen molar-refractivity contribution in [2.45, 2.75) is 19.9 Å². The zero-order valence-corrected chi connectivity index (χ0v) is 12.3. The Morgan fingerprint density at radius 2 is 2.29 bits per heavy atom. The average molecular weight is 309 g/mol. The molecule has 2 heterocycles. The number of hydrogen-bond donors (Lipinski definition) is 1. The first-order chi connectivity index (χ1) is 10.1. The molecule has 9 heteroatoms. The largest absolute Gasteiger partial charge is 0.480 e. The summed E-state index contributed by atoms with van der Waals surface area (Å²) in [4.78, 5) is 26.2. The molecule has 2 aromatic rings. The number of thiophene rings is 1. The summed E-state index contributed by atoms with van der Waals surface area (Å²) in [6.45, 7) is 1.83. The fourth-order valence-electron chi connectivity index (χ4n) is 1.76. The van der Waals surface area contributed by atoms with Crippen LogP contribution in [0.5, 0.6) is 0 Å². The minimum Gasteiger partial charge on any atom is -0.480 e. The van der Waals surface area contributed by atoms with E-state index in [1.165, 1.54) is 21.0 Å². The number of hydrogen-bond acceptors (Lipinski definition) is 6. The van der Waals surface area contributed by atoms with E-state index in [1.54, 1.807) is 0 Å². The van der Waals surface area contributed by atoms with Crippen molar-refractivity contribution in [1.29, 1.82) is 0 Å². The van der Waals surface area contributed by atoms with Gasteiger partial charge in [-0.2, -0.15) is 4.80 Å². The van der Waals surface area contributed by atoms with E-state index >= 15 is 0 Å². The standard InChI is InChI=1S/C12H15N5O3S/c1-2-5-16(8-11(19)20)10(18)7-17-14-12(13-15-17)9-4-3-6-21-9/h3-4,6H,2,5,7-8H2,1H3,(H,19,20). The monoisotopic (exact) mass is 309 g/mol. The Bertz CT molecular complexity index is 610. The number of carboxylic acid groups (broad SMARTS) is 1. The molecule has 0 unspecified atom stereocenters. The van der Waals surface area contributed by atoms with Crippen molar-refractivity contribution in [2.75, 3.05) is 13.1 Å². The van der Waals surface area contributed by atoms with E-state index in [1.807, 2.05) is 24.4 Å². The summed E-state index contributed by atoms with van der Waals surface area (Å²) < 4.78 is 0. The van der Waals surface area contributed by atoms with Gasteiger partial charge in [0, 0.05) is 6.54 Å². The van der Waals surface area contributed by atoms with E-state index in [0.29, 0.717) is 18.8 Å². The Balaban J connectivity index is 2.02. The minimum absolute atomic E-state index is 0.119. The van der Waals surface area contributed by atoms with Crippen molar-refractivity contribution in [1.82, 2.24) is 25.1 Å². The summed E-state index contributed by atoms with van der Waals surface area (Å²) in [6.07, 6.45) is 0.685. The molecular formula is C12H15N5O3S. The Labute approximate surface area is 125 Å². The summed E-state index contributed by atoms with van der Waals surface area (Å²) >= 11 is 1.48. The van der Waals surface area contributed by atoms with Crippen molar-refractivity contribution >= 4 is 23.2 Å². The smallest absolute Gasteiger partial charge is 0.323 e. The molecule has 0 atom stereocenters. The first kappa shape index (κ1) is 15.1. The molecule has 1 amide bonds. The molecule has 0 saturated carbocycles. The second-order valence-corrected chi connectivity index (χ2v) is 5.28. The van der Waals surface area contributed by atoms with Gasteiger partial charge in [0.25, 0.3) is 0 Å². The number of amides is 1. The van der Waals surface area contributed by atoms with E-state index in [9.17, 15) is 9.59 Å². The first-order valence-electron chi connectivity index (χ1n) is 6.41. The fourth-order valence-corrected chi connectivity index (χ4v) is 2.41. The number of tetrazole rings is 1. The van der Waals surface area contributed by atoms with Crippen LogP contribution in [0.2, 0.25) is 0 Å². The van der Waals surface area contributed by atoms with Crippen molar-refractivity contribution in [3.05, 3.63) is 17.5 Å². The molecule has 2 aromatic heterocycles. The van der Waals surface area contributed by atoms with Gasteiger partial charge in [-0.3, -0.25) is 9.59 Å². The van der Waals surface area contributed by atoms with E-state index in [-0.39, 0.29) is 19.0 Å². The van der Waals surface area contributed by atoms with Crippen LogP contribution in [0.4, 0.5) is 0 Å². The molecule has 0 fully saturated rings. The predicted molar refractivity (Wildman–Crippen MR) is 75.6 cm³/mol. The van der Waals surface area contributed by atoms with Crippen LogP contribution in [0.15, 0.2) is 17.5 Å². The molecule has 0 radical (unpaired) electrons. The van der Waals surface area contributed by atoms with Gasteiger partial charge in [0.1, 0.15) is 13.1 Å². The van der Waals surface area contributed by atoms with Gasteiger partial charge in [-0.05, 0) is 23.1 Å². The lowest BCUT2D eigenvalue weighted by molar-refractivity contribution is -0.144. The predicted octanol–water partition coefficient (Wildman–Crippen LogP) is 0.725. The van der Waals surface area contributed by atoms with Crippen LogP contribution in [0.1, 0.15) is 13.3 Å². The number of carbonyl (C=O) groups is 2. The van der Waals surface area contributed by atoms with E-state index in [2.05, 4.69) is 15.4 Å². The molecule has 0 bridgehead atoms. The number of nitrogens with zero attached hydrogens (tertiary/aromatic N) is 5. The SMILES string of the molecule is CCCN(CC(=O)O)C(=O)Cn1nnc(-c2cccs2)n1. The van der Waals surface area contributed by atoms with Crippen LogP contribution in [0, 0.1) is 0 Å². The molecule has 21 heavy (non-hydrogen) atoms. The molecule has 2 rings (SSSR count). The van der Waals surface area contributed by atoms with Gasteiger partial charge in [0.05, 0.1) is 4.88 Å². The van der Waals surface area contributed by atoms with Crippen LogP contribution < -0.4 is 0 Å². The van der Waals surface area contributed by atoms with Crippen LogP contribution in [0.3, 0.4) is 0 Å². The molecular weight excluding hydrogens is 294 g/mol. The van der Waals surface area contributed by atoms with Gasteiger partial charge in [-0.25, -0.2) is 0 Å². The molecule has 0 saturated heterocycles. The van der Waals surface area contributed by atoms with Crippen LogP contribution in [0.25, 0.3) is 10.7 Å². The summed E-state index contributed by atoms with van der Waals surface area (Å²) in [7, 11) is 0. The topological polar surface area (TPSA) is 101 Å². The maximum atomic E-state index is 12.1. The van der Waals surface area contributed by atoms with Crippen molar-refractivity contribution in [2.24, 2.45) is 0 Å². The van der Waals surface area contributed by atoms with Crippen molar-refractivity contribution in [3.63, 3.8) is 0 Å². The second kappa shape index (κ2) is 6.93. The Kier molecular flexibility index (Phi) is 4.99. The lowest BCUT2D eigenvalue weighted by Crippen LogP contribution is -2.38.